The first-order valence-corrected chi connectivity index (χ1v) is 21.1. The van der Waals surface area contributed by atoms with Crippen molar-refractivity contribution in [2.75, 3.05) is 13.2 Å². The second-order valence-electron chi connectivity index (χ2n) is 16.6. The van der Waals surface area contributed by atoms with Crippen LogP contribution in [0.3, 0.4) is 0 Å². The van der Waals surface area contributed by atoms with E-state index in [0.717, 1.165) is 67.3 Å². The molecular formula is C54H53F3N2O6. The van der Waals surface area contributed by atoms with Crippen LogP contribution >= 0.6 is 0 Å². The molecule has 0 aliphatic heterocycles. The number of nitrogens with one attached hydrogen (secondary N) is 2. The Labute approximate surface area is 377 Å². The number of ether oxygens (including phenoxy) is 1. The molecule has 11 heteroatoms. The second kappa shape index (κ2) is 20.5. The maximum atomic E-state index is 14.2. The number of aliphatic hydroxyl groups excluding tert-OH is 2. The molecule has 6 aromatic carbocycles. The Morgan fingerprint density at radius 3 is 1.68 bits per heavy atom. The number of halogens is 3. The number of rotatable bonds is 17. The smallest absolute Gasteiger partial charge is 0.416 e. The van der Waals surface area contributed by atoms with Crippen molar-refractivity contribution in [3.8, 4) is 28.0 Å². The normalized spacial score (nSPS) is 13.8. The number of aryl methyl sites for hydroxylation is 1. The quantitative estimate of drug-likeness (QED) is 0.0348. The third kappa shape index (κ3) is 11.6. The van der Waals surface area contributed by atoms with Gasteiger partial charge in [0.25, 0.3) is 0 Å². The van der Waals surface area contributed by atoms with Gasteiger partial charge in [0.2, 0.25) is 0 Å². The van der Waals surface area contributed by atoms with E-state index in [1.165, 1.54) is 32.1 Å². The Morgan fingerprint density at radius 1 is 0.585 bits per heavy atom. The monoisotopic (exact) mass is 882 g/mol. The molecule has 0 amide bonds. The molecule has 0 aromatic heterocycles. The van der Waals surface area contributed by atoms with Crippen LogP contribution in [-0.2, 0) is 28.9 Å². The molecule has 0 aliphatic rings. The zero-order valence-electron chi connectivity index (χ0n) is 37.0. The van der Waals surface area contributed by atoms with Crippen molar-refractivity contribution in [2.24, 2.45) is 0 Å². The third-order valence-corrected chi connectivity index (χ3v) is 11.8. The minimum absolute atomic E-state index is 0.0399. The first-order valence-electron chi connectivity index (χ1n) is 21.1. The topological polar surface area (TPSA) is 128 Å². The molecule has 336 valence electrons. The summed E-state index contributed by atoms with van der Waals surface area (Å²) in [6.07, 6.45) is 2.50. The van der Waals surface area contributed by atoms with Crippen LogP contribution in [0, 0.1) is 20.8 Å². The van der Waals surface area contributed by atoms with E-state index in [-0.39, 0.29) is 24.4 Å². The molecule has 0 bridgehead atoms. The number of hydrogen-bond donors (Lipinski definition) is 5. The number of carbonyl (C=O) groups excluding carboxylic acids is 1. The van der Waals surface area contributed by atoms with Crippen LogP contribution in [0.1, 0.15) is 69.5 Å². The van der Waals surface area contributed by atoms with Crippen molar-refractivity contribution in [1.82, 2.24) is 10.6 Å². The van der Waals surface area contributed by atoms with Gasteiger partial charge in [0.15, 0.2) is 0 Å². The van der Waals surface area contributed by atoms with Gasteiger partial charge in [-0.05, 0) is 131 Å². The summed E-state index contributed by atoms with van der Waals surface area (Å²) in [5.74, 6) is -1.68. The highest BCUT2D eigenvalue weighted by Crippen LogP contribution is 2.35. The van der Waals surface area contributed by atoms with Gasteiger partial charge < -0.3 is 20.1 Å². The van der Waals surface area contributed by atoms with Gasteiger partial charge in [-0.15, -0.1) is 0 Å². The average Bonchev–Trinajstić information content (AvgIpc) is 3.29. The van der Waals surface area contributed by atoms with Gasteiger partial charge in [-0.2, -0.15) is 13.2 Å². The van der Waals surface area contributed by atoms with Crippen molar-refractivity contribution in [1.29, 1.82) is 0 Å². The molecule has 5 N–H and O–H groups in total. The van der Waals surface area contributed by atoms with E-state index < -0.39 is 48.0 Å². The highest BCUT2D eigenvalue weighted by Gasteiger charge is 2.36. The summed E-state index contributed by atoms with van der Waals surface area (Å²) in [6, 6.07) is 38.0. The maximum Gasteiger partial charge on any atom is 0.416 e. The summed E-state index contributed by atoms with van der Waals surface area (Å²) in [5, 5.41) is 35.5. The predicted octanol–water partition coefficient (Wildman–Crippen LogP) is 10.7. The number of carbonyl (C=O) groups is 2. The molecule has 6 aromatic rings. The molecule has 8 nitrogen and oxygen atoms in total. The number of aliphatic hydroxyl groups is 2. The number of aliphatic carboxylic acids is 1. The molecular weight excluding hydrogens is 830 g/mol. The fourth-order valence-corrected chi connectivity index (χ4v) is 7.30. The lowest BCUT2D eigenvalue weighted by atomic mass is 9.95. The maximum absolute atomic E-state index is 14.2. The molecule has 0 radical (unpaired) electrons. The van der Waals surface area contributed by atoms with Crippen LogP contribution in [0.2, 0.25) is 0 Å². The first-order chi connectivity index (χ1) is 30.9. The minimum atomic E-state index is -4.61. The van der Waals surface area contributed by atoms with E-state index in [0.29, 0.717) is 5.56 Å². The highest BCUT2D eigenvalue weighted by molar-refractivity contribution is 5.84. The van der Waals surface area contributed by atoms with Crippen LogP contribution in [0.5, 0.6) is 5.75 Å². The Bertz CT molecular complexity index is 2730. The van der Waals surface area contributed by atoms with Gasteiger partial charge in [0.05, 0.1) is 18.8 Å². The molecule has 0 saturated carbocycles. The SMILES string of the molecule is Cc1ccc(CNC(C)(CO)C(=O)O)cc1/C=C/c1cccc(-c2cccc(OC(=O)[C@@](C)(CO)NCc3ccc(C(F)(F)F)c(/C=C/c4cccc(-c5ccccc5)c4C)c3)c2)c1C. The standard InChI is InChI=1S/C54H53F3N2O6/c1-35-20-21-38(31-58-52(4,33-60)50(62)63)28-43(35)25-23-40-15-11-19-48(37(40)3)44-16-9-17-46(30-44)65-51(64)53(5,34-61)59-32-39-22-27-49(54(55,56)57)45(29-39)26-24-41-14-10-18-47(36(41)2)42-12-7-6-8-13-42/h6-30,58-61H,31-34H2,1-5H3,(H,62,63)/b25-23+,26-24+/t52?,53-/m1/s1. The number of carboxylic acids is 1. The van der Waals surface area contributed by atoms with Crippen LogP contribution in [0.25, 0.3) is 46.6 Å². The molecule has 65 heavy (non-hydrogen) atoms. The molecule has 2 atom stereocenters. The summed E-state index contributed by atoms with van der Waals surface area (Å²) in [7, 11) is 0. The number of alkyl halides is 3. The lowest BCUT2D eigenvalue weighted by Crippen LogP contribution is -2.54. The van der Waals surface area contributed by atoms with Gasteiger partial charge in [-0.1, -0.05) is 127 Å². The fraction of sp³-hybridized carbons (Fsp3) is 0.222. The number of benzene rings is 6. The lowest BCUT2D eigenvalue weighted by molar-refractivity contribution is -0.146. The van der Waals surface area contributed by atoms with Gasteiger partial charge in [0, 0.05) is 13.1 Å². The zero-order chi connectivity index (χ0) is 46.9. The fourth-order valence-electron chi connectivity index (χ4n) is 7.30. The Morgan fingerprint density at radius 2 is 1.09 bits per heavy atom. The van der Waals surface area contributed by atoms with Gasteiger partial charge >= 0.3 is 18.1 Å². The van der Waals surface area contributed by atoms with Gasteiger partial charge in [-0.25, -0.2) is 4.79 Å². The van der Waals surface area contributed by atoms with Crippen molar-refractivity contribution in [3.05, 3.63) is 183 Å². The Hall–Kier alpha value is -6.63. The average molecular weight is 883 g/mol. The van der Waals surface area contributed by atoms with Crippen LogP contribution in [-0.4, -0.2) is 51.5 Å². The molecule has 0 heterocycles. The van der Waals surface area contributed by atoms with Gasteiger partial charge in [0.1, 0.15) is 16.8 Å². The van der Waals surface area contributed by atoms with E-state index in [1.54, 1.807) is 24.3 Å². The van der Waals surface area contributed by atoms with Crippen LogP contribution in [0.4, 0.5) is 13.2 Å². The molecule has 0 spiro atoms. The van der Waals surface area contributed by atoms with E-state index in [4.69, 9.17) is 4.74 Å². The molecule has 0 aliphatic carbocycles. The van der Waals surface area contributed by atoms with Crippen molar-refractivity contribution < 1.29 is 42.8 Å². The number of hydrogen-bond acceptors (Lipinski definition) is 7. The van der Waals surface area contributed by atoms with Crippen LogP contribution < -0.4 is 15.4 Å². The Balaban J connectivity index is 1.16. The molecule has 1 unspecified atom stereocenters. The highest BCUT2D eigenvalue weighted by atomic mass is 19.4. The predicted molar refractivity (Wildman–Crippen MR) is 252 cm³/mol. The van der Waals surface area contributed by atoms with E-state index in [2.05, 4.69) is 10.6 Å². The van der Waals surface area contributed by atoms with Crippen LogP contribution in [0.15, 0.2) is 127 Å². The van der Waals surface area contributed by atoms with E-state index in [9.17, 15) is 38.1 Å². The third-order valence-electron chi connectivity index (χ3n) is 11.8. The minimum Gasteiger partial charge on any atom is -0.480 e. The number of carboxylic acid groups (broad SMARTS) is 1. The molecule has 0 fully saturated rings. The molecule has 6 rings (SSSR count). The molecule has 0 saturated heterocycles. The Kier molecular flexibility index (Phi) is 15.1. The van der Waals surface area contributed by atoms with E-state index >= 15 is 0 Å². The lowest BCUT2D eigenvalue weighted by Gasteiger charge is -2.27. The first kappa shape index (κ1) is 47.8. The summed E-state index contributed by atoms with van der Waals surface area (Å²) >= 11 is 0. The summed E-state index contributed by atoms with van der Waals surface area (Å²) in [4.78, 5) is 25.3. The van der Waals surface area contributed by atoms with E-state index in [1.807, 2.05) is 124 Å². The number of esters is 1. The largest absolute Gasteiger partial charge is 0.480 e. The second-order valence-corrected chi connectivity index (χ2v) is 16.6. The van der Waals surface area contributed by atoms with Crippen molar-refractivity contribution in [3.63, 3.8) is 0 Å². The van der Waals surface area contributed by atoms with Crippen molar-refractivity contribution >= 4 is 36.2 Å². The van der Waals surface area contributed by atoms with Gasteiger partial charge in [-0.3, -0.25) is 15.4 Å². The summed E-state index contributed by atoms with van der Waals surface area (Å²) in [5.41, 5.74) is 6.63. The summed E-state index contributed by atoms with van der Waals surface area (Å²) in [6.45, 7) is 7.82. The summed E-state index contributed by atoms with van der Waals surface area (Å²) < 4.78 is 48.5. The zero-order valence-corrected chi connectivity index (χ0v) is 37.0. The van der Waals surface area contributed by atoms with Crippen molar-refractivity contribution in [2.45, 2.75) is 65.0 Å².